The Morgan fingerprint density at radius 2 is 1.81 bits per heavy atom. The highest BCUT2D eigenvalue weighted by atomic mass is 19.4. The molecule has 0 bridgehead atoms. The van der Waals surface area contributed by atoms with Crippen LogP contribution in [0.15, 0.2) is 24.3 Å². The number of halogens is 3. The molecule has 0 fully saturated rings. The number of alkyl halides is 3. The third kappa shape index (κ3) is 6.46. The van der Waals surface area contributed by atoms with E-state index < -0.39 is 17.8 Å². The van der Waals surface area contributed by atoms with Gasteiger partial charge in [-0.15, -0.1) is 0 Å². The zero-order chi connectivity index (χ0) is 16.0. The fraction of sp³-hybridized carbons (Fsp3) is 0.600. The highest BCUT2D eigenvalue weighted by molar-refractivity contribution is 5.28. The quantitative estimate of drug-likeness (QED) is 0.840. The van der Waals surface area contributed by atoms with Gasteiger partial charge in [0.2, 0.25) is 0 Å². The van der Waals surface area contributed by atoms with Crippen LogP contribution in [-0.4, -0.2) is 50.6 Å². The van der Waals surface area contributed by atoms with Crippen molar-refractivity contribution in [1.82, 2.24) is 9.80 Å². The lowest BCUT2D eigenvalue weighted by atomic mass is 10.0. The van der Waals surface area contributed by atoms with Gasteiger partial charge in [0.25, 0.3) is 0 Å². The van der Waals surface area contributed by atoms with E-state index in [1.165, 1.54) is 6.07 Å². The number of hydrogen-bond donors (Lipinski definition) is 1. The lowest BCUT2D eigenvalue weighted by Crippen LogP contribution is -2.31. The number of hydrogen-bond acceptors (Lipinski definition) is 3. The van der Waals surface area contributed by atoms with Gasteiger partial charge in [0.15, 0.2) is 0 Å². The fourth-order valence-corrected chi connectivity index (χ4v) is 2.13. The van der Waals surface area contributed by atoms with Crippen molar-refractivity contribution in [2.24, 2.45) is 5.73 Å². The molecule has 0 amide bonds. The van der Waals surface area contributed by atoms with E-state index in [1.807, 2.05) is 21.1 Å². The van der Waals surface area contributed by atoms with Crippen molar-refractivity contribution < 1.29 is 13.2 Å². The van der Waals surface area contributed by atoms with E-state index >= 15 is 0 Å². The molecule has 0 heterocycles. The first-order valence-corrected chi connectivity index (χ1v) is 6.96. The van der Waals surface area contributed by atoms with Crippen LogP contribution in [0.1, 0.15) is 23.6 Å². The topological polar surface area (TPSA) is 32.5 Å². The van der Waals surface area contributed by atoms with Gasteiger partial charge in [-0.2, -0.15) is 13.2 Å². The Morgan fingerprint density at radius 3 is 2.38 bits per heavy atom. The van der Waals surface area contributed by atoms with E-state index in [1.54, 1.807) is 6.07 Å². The molecule has 1 atom stereocenters. The Bertz CT molecular complexity index is 432. The lowest BCUT2D eigenvalue weighted by molar-refractivity contribution is -0.137. The van der Waals surface area contributed by atoms with Gasteiger partial charge in [0.1, 0.15) is 0 Å². The van der Waals surface area contributed by atoms with Gasteiger partial charge in [-0.25, -0.2) is 0 Å². The van der Waals surface area contributed by atoms with Crippen LogP contribution >= 0.6 is 0 Å². The normalized spacial score (nSPS) is 14.0. The molecule has 0 aromatic heterocycles. The Hall–Kier alpha value is -1.11. The summed E-state index contributed by atoms with van der Waals surface area (Å²) in [5, 5.41) is 0. The molecule has 1 aromatic carbocycles. The predicted octanol–water partition coefficient (Wildman–Crippen LogP) is 2.59. The minimum atomic E-state index is -4.33. The fourth-order valence-electron chi connectivity index (χ4n) is 2.13. The highest BCUT2D eigenvalue weighted by Gasteiger charge is 2.30. The van der Waals surface area contributed by atoms with Crippen LogP contribution < -0.4 is 5.73 Å². The molecular formula is C15H24F3N3. The van der Waals surface area contributed by atoms with Crippen molar-refractivity contribution in [3.8, 4) is 0 Å². The molecule has 0 radical (unpaired) electrons. The summed E-state index contributed by atoms with van der Waals surface area (Å²) < 4.78 is 38.0. The second kappa shape index (κ2) is 7.77. The molecule has 0 aliphatic carbocycles. The summed E-state index contributed by atoms with van der Waals surface area (Å²) in [7, 11) is 5.95. The Balaban J connectivity index is 2.57. The minimum Gasteiger partial charge on any atom is -0.323 e. The summed E-state index contributed by atoms with van der Waals surface area (Å²) in [5.41, 5.74) is 5.89. The van der Waals surface area contributed by atoms with E-state index in [0.29, 0.717) is 12.1 Å². The summed E-state index contributed by atoms with van der Waals surface area (Å²) in [6.07, 6.45) is -3.33. The Labute approximate surface area is 124 Å². The largest absolute Gasteiger partial charge is 0.416 e. The summed E-state index contributed by atoms with van der Waals surface area (Å²) in [6, 6.07) is 4.84. The second-order valence-corrected chi connectivity index (χ2v) is 5.65. The van der Waals surface area contributed by atoms with Crippen molar-refractivity contribution in [3.63, 3.8) is 0 Å². The first-order valence-electron chi connectivity index (χ1n) is 6.96. The van der Waals surface area contributed by atoms with Crippen LogP contribution in [0.3, 0.4) is 0 Å². The lowest BCUT2D eigenvalue weighted by Gasteiger charge is -2.22. The van der Waals surface area contributed by atoms with Gasteiger partial charge in [-0.3, -0.25) is 0 Å². The molecule has 21 heavy (non-hydrogen) atoms. The van der Waals surface area contributed by atoms with Crippen LogP contribution in [-0.2, 0) is 6.18 Å². The maximum absolute atomic E-state index is 12.7. The van der Waals surface area contributed by atoms with E-state index in [9.17, 15) is 13.2 Å². The molecule has 1 rings (SSSR count). The number of likely N-dealkylation sites (N-methyl/N-ethyl adjacent to an activating group) is 1. The van der Waals surface area contributed by atoms with E-state index in [-0.39, 0.29) is 0 Å². The van der Waals surface area contributed by atoms with Crippen LogP contribution in [0.4, 0.5) is 13.2 Å². The van der Waals surface area contributed by atoms with Crippen LogP contribution in [0.2, 0.25) is 0 Å². The zero-order valence-corrected chi connectivity index (χ0v) is 12.8. The number of nitrogens with zero attached hydrogens (tertiary/aromatic N) is 2. The molecule has 1 unspecified atom stereocenters. The Morgan fingerprint density at radius 1 is 1.14 bits per heavy atom. The Kier molecular flexibility index (Phi) is 6.64. The van der Waals surface area contributed by atoms with Crippen molar-refractivity contribution >= 4 is 0 Å². The SMILES string of the molecule is CN(C)CCCN(C)CC(N)c1cccc(C(F)(F)F)c1. The second-order valence-electron chi connectivity index (χ2n) is 5.65. The molecule has 2 N–H and O–H groups in total. The first kappa shape index (κ1) is 17.9. The third-order valence-corrected chi connectivity index (χ3v) is 3.30. The molecule has 3 nitrogen and oxygen atoms in total. The summed E-state index contributed by atoms with van der Waals surface area (Å²) in [4.78, 5) is 4.15. The zero-order valence-electron chi connectivity index (χ0n) is 12.8. The maximum Gasteiger partial charge on any atom is 0.416 e. The average molecular weight is 303 g/mol. The molecule has 0 spiro atoms. The number of nitrogens with two attached hydrogens (primary N) is 1. The van der Waals surface area contributed by atoms with Gasteiger partial charge in [-0.1, -0.05) is 12.1 Å². The van der Waals surface area contributed by atoms with Crippen molar-refractivity contribution in [1.29, 1.82) is 0 Å². The minimum absolute atomic E-state index is 0.420. The molecule has 0 saturated carbocycles. The third-order valence-electron chi connectivity index (χ3n) is 3.30. The maximum atomic E-state index is 12.7. The smallest absolute Gasteiger partial charge is 0.323 e. The molecule has 120 valence electrons. The number of rotatable bonds is 7. The summed E-state index contributed by atoms with van der Waals surface area (Å²) in [5.74, 6) is 0. The molecule has 0 aliphatic heterocycles. The molecule has 1 aromatic rings. The van der Waals surface area contributed by atoms with Gasteiger partial charge in [0.05, 0.1) is 5.56 Å². The van der Waals surface area contributed by atoms with E-state index in [2.05, 4.69) is 9.80 Å². The molecule has 0 saturated heterocycles. The highest BCUT2D eigenvalue weighted by Crippen LogP contribution is 2.30. The molecule has 0 aliphatic rings. The molecule has 6 heteroatoms. The summed E-state index contributed by atoms with van der Waals surface area (Å²) in [6.45, 7) is 2.38. The van der Waals surface area contributed by atoms with E-state index in [4.69, 9.17) is 5.73 Å². The van der Waals surface area contributed by atoms with Gasteiger partial charge >= 0.3 is 6.18 Å². The van der Waals surface area contributed by atoms with E-state index in [0.717, 1.165) is 31.6 Å². The van der Waals surface area contributed by atoms with Gasteiger partial charge < -0.3 is 15.5 Å². The van der Waals surface area contributed by atoms with Crippen molar-refractivity contribution in [2.75, 3.05) is 40.8 Å². The van der Waals surface area contributed by atoms with Crippen LogP contribution in [0.5, 0.6) is 0 Å². The molecular weight excluding hydrogens is 279 g/mol. The summed E-state index contributed by atoms with van der Waals surface area (Å²) >= 11 is 0. The predicted molar refractivity (Wildman–Crippen MR) is 79.0 cm³/mol. The monoisotopic (exact) mass is 303 g/mol. The van der Waals surface area contributed by atoms with Crippen molar-refractivity contribution in [2.45, 2.75) is 18.6 Å². The first-order chi connectivity index (χ1) is 9.70. The van der Waals surface area contributed by atoms with Crippen LogP contribution in [0, 0.1) is 0 Å². The van der Waals surface area contributed by atoms with Crippen molar-refractivity contribution in [3.05, 3.63) is 35.4 Å². The standard InChI is InChI=1S/C15H24F3N3/c1-20(2)8-5-9-21(3)11-14(19)12-6-4-7-13(10-12)15(16,17)18/h4,6-7,10,14H,5,8-9,11,19H2,1-3H3. The van der Waals surface area contributed by atoms with Crippen LogP contribution in [0.25, 0.3) is 0 Å². The number of benzene rings is 1. The van der Waals surface area contributed by atoms with Gasteiger partial charge in [0, 0.05) is 12.6 Å². The average Bonchev–Trinajstić information content (AvgIpc) is 2.37. The van der Waals surface area contributed by atoms with Gasteiger partial charge in [-0.05, 0) is 58.3 Å².